The molecule has 5 unspecified atom stereocenters. The molecule has 0 heterocycles. The van der Waals surface area contributed by atoms with Gasteiger partial charge in [-0.05, 0) is 71.4 Å². The van der Waals surface area contributed by atoms with Crippen molar-refractivity contribution in [2.45, 2.75) is 88.6 Å². The summed E-state index contributed by atoms with van der Waals surface area (Å²) in [5.41, 5.74) is 21.8. The van der Waals surface area contributed by atoms with Crippen LogP contribution in [0.25, 0.3) is 0 Å². The second-order valence-corrected chi connectivity index (χ2v) is 9.56. The van der Waals surface area contributed by atoms with Gasteiger partial charge in [0.1, 0.15) is 18.1 Å². The number of guanidine groups is 1. The SMILES string of the molecule is CC(O)C(NC(=O)C(CCCCN)NC(=O)C(CCCCN)NC(=O)C(CCCNC(=N)N)NC(=O)CN)C(=O)O. The lowest BCUT2D eigenvalue weighted by molar-refractivity contribution is -0.145. The van der Waals surface area contributed by atoms with E-state index in [1.807, 2.05) is 0 Å². The van der Waals surface area contributed by atoms with Crippen LogP contribution in [0.3, 0.4) is 0 Å². The monoisotopic (exact) mass is 588 g/mol. The Kier molecular flexibility index (Phi) is 19.4. The van der Waals surface area contributed by atoms with E-state index >= 15 is 0 Å². The van der Waals surface area contributed by atoms with Crippen molar-refractivity contribution in [3.05, 3.63) is 0 Å². The molecule has 0 bridgehead atoms. The van der Waals surface area contributed by atoms with Crippen molar-refractivity contribution < 1.29 is 34.2 Å². The Labute approximate surface area is 239 Å². The highest BCUT2D eigenvalue weighted by Crippen LogP contribution is 2.08. The fourth-order valence-electron chi connectivity index (χ4n) is 3.76. The summed E-state index contributed by atoms with van der Waals surface area (Å²) in [5, 5.41) is 38.8. The Bertz CT molecular complexity index is 859. The van der Waals surface area contributed by atoms with Crippen LogP contribution in [0.15, 0.2) is 0 Å². The first kappa shape index (κ1) is 37.5. The average molecular weight is 589 g/mol. The van der Waals surface area contributed by atoms with Crippen molar-refractivity contribution in [3.8, 4) is 0 Å². The van der Waals surface area contributed by atoms with E-state index in [0.29, 0.717) is 45.2 Å². The maximum Gasteiger partial charge on any atom is 0.328 e. The second kappa shape index (κ2) is 21.2. The zero-order chi connectivity index (χ0) is 31.4. The summed E-state index contributed by atoms with van der Waals surface area (Å²) in [6.07, 6.45) is 1.39. The molecule has 0 aliphatic heterocycles. The number of rotatable bonds is 22. The fraction of sp³-hybridized carbons (Fsp3) is 0.750. The lowest BCUT2D eigenvalue weighted by Crippen LogP contribution is -2.58. The number of aliphatic carboxylic acids is 1. The zero-order valence-corrected chi connectivity index (χ0v) is 23.6. The maximum absolute atomic E-state index is 13.3. The summed E-state index contributed by atoms with van der Waals surface area (Å²) in [6.45, 7) is 1.80. The van der Waals surface area contributed by atoms with E-state index in [9.17, 15) is 34.2 Å². The molecular weight excluding hydrogens is 540 g/mol. The number of carboxylic acid groups (broad SMARTS) is 1. The van der Waals surface area contributed by atoms with Gasteiger partial charge in [0.2, 0.25) is 23.6 Å². The first-order chi connectivity index (χ1) is 19.4. The van der Waals surface area contributed by atoms with Gasteiger partial charge in [-0.3, -0.25) is 24.6 Å². The molecule has 17 nitrogen and oxygen atoms in total. The topological polar surface area (TPSA) is 314 Å². The molecule has 0 aromatic rings. The molecule has 0 aromatic heterocycles. The summed E-state index contributed by atoms with van der Waals surface area (Å²) in [6, 6.07) is -4.93. The summed E-state index contributed by atoms with van der Waals surface area (Å²) in [4.78, 5) is 62.8. The standard InChI is InChI=1S/C24H48N10O7/c1-14(35)19(23(40)41)34-22(39)17(8-3-5-11-26)33-21(38)16(7-2-4-10-25)32-20(37)15(31-18(36)13-27)9-6-12-30-24(28)29/h14-17,19,35H,2-13,25-27H2,1H3,(H,31,36)(H,32,37)(H,33,38)(H,34,39)(H,40,41)(H4,28,29,30). The van der Waals surface area contributed by atoms with Crippen LogP contribution in [0.4, 0.5) is 0 Å². The predicted molar refractivity (Wildman–Crippen MR) is 151 cm³/mol. The fourth-order valence-corrected chi connectivity index (χ4v) is 3.76. The van der Waals surface area contributed by atoms with Crippen molar-refractivity contribution in [3.63, 3.8) is 0 Å². The predicted octanol–water partition coefficient (Wildman–Crippen LogP) is -4.13. The highest BCUT2D eigenvalue weighted by Gasteiger charge is 2.32. The minimum absolute atomic E-state index is 0.128. The Hall–Kier alpha value is -3.54. The first-order valence-corrected chi connectivity index (χ1v) is 13.7. The summed E-state index contributed by atoms with van der Waals surface area (Å²) in [5.74, 6) is -4.46. The van der Waals surface area contributed by atoms with Gasteiger partial charge in [-0.15, -0.1) is 0 Å². The van der Waals surface area contributed by atoms with Gasteiger partial charge in [-0.2, -0.15) is 0 Å². The number of nitrogens with two attached hydrogens (primary N) is 4. The molecule has 5 atom stereocenters. The normalized spacial score (nSPS) is 14.5. The van der Waals surface area contributed by atoms with Crippen LogP contribution in [-0.2, 0) is 24.0 Å². The smallest absolute Gasteiger partial charge is 0.328 e. The van der Waals surface area contributed by atoms with Crippen LogP contribution in [0.5, 0.6) is 0 Å². The number of carbonyl (C=O) groups excluding carboxylic acids is 4. The summed E-state index contributed by atoms with van der Waals surface area (Å²) in [7, 11) is 0. The molecule has 16 N–H and O–H groups in total. The Balaban J connectivity index is 5.78. The third-order valence-corrected chi connectivity index (χ3v) is 6.03. The van der Waals surface area contributed by atoms with Gasteiger partial charge in [-0.25, -0.2) is 4.79 Å². The van der Waals surface area contributed by atoms with Gasteiger partial charge in [0.05, 0.1) is 12.6 Å². The number of aliphatic hydroxyl groups is 1. The van der Waals surface area contributed by atoms with Crippen LogP contribution in [0, 0.1) is 5.41 Å². The van der Waals surface area contributed by atoms with E-state index in [1.165, 1.54) is 6.92 Å². The molecule has 0 saturated carbocycles. The molecule has 0 aliphatic rings. The molecule has 17 heteroatoms. The number of amides is 4. The number of hydrogen-bond donors (Lipinski definition) is 12. The third kappa shape index (κ3) is 16.3. The van der Waals surface area contributed by atoms with E-state index in [-0.39, 0.29) is 38.3 Å². The number of nitrogens with one attached hydrogen (secondary N) is 6. The Morgan fingerprint density at radius 2 is 1.17 bits per heavy atom. The van der Waals surface area contributed by atoms with Crippen molar-refractivity contribution in [2.75, 3.05) is 26.2 Å². The van der Waals surface area contributed by atoms with E-state index in [0.717, 1.165) is 0 Å². The highest BCUT2D eigenvalue weighted by atomic mass is 16.4. The molecule has 0 saturated heterocycles. The quantitative estimate of drug-likeness (QED) is 0.0326. The van der Waals surface area contributed by atoms with E-state index in [4.69, 9.17) is 28.3 Å². The van der Waals surface area contributed by atoms with Crippen molar-refractivity contribution in [2.24, 2.45) is 22.9 Å². The molecule has 0 aliphatic carbocycles. The molecule has 0 spiro atoms. The van der Waals surface area contributed by atoms with Gasteiger partial charge in [-0.1, -0.05) is 0 Å². The molecular formula is C24H48N10O7. The lowest BCUT2D eigenvalue weighted by Gasteiger charge is -2.26. The van der Waals surface area contributed by atoms with Crippen LogP contribution >= 0.6 is 0 Å². The molecule has 0 radical (unpaired) electrons. The van der Waals surface area contributed by atoms with E-state index in [1.54, 1.807) is 0 Å². The van der Waals surface area contributed by atoms with E-state index < -0.39 is 59.9 Å². The summed E-state index contributed by atoms with van der Waals surface area (Å²) >= 11 is 0. The average Bonchev–Trinajstić information content (AvgIpc) is 2.91. The minimum atomic E-state index is -1.60. The van der Waals surface area contributed by atoms with Crippen LogP contribution in [-0.4, -0.2) is 102 Å². The van der Waals surface area contributed by atoms with E-state index in [2.05, 4.69) is 26.6 Å². The lowest BCUT2D eigenvalue weighted by atomic mass is 10.0. The van der Waals surface area contributed by atoms with Crippen molar-refractivity contribution >= 4 is 35.6 Å². The van der Waals surface area contributed by atoms with Gasteiger partial charge in [0.25, 0.3) is 0 Å². The second-order valence-electron chi connectivity index (χ2n) is 9.56. The van der Waals surface area contributed by atoms with Gasteiger partial charge in [0, 0.05) is 6.54 Å². The Morgan fingerprint density at radius 3 is 1.56 bits per heavy atom. The first-order valence-electron chi connectivity index (χ1n) is 13.7. The van der Waals surface area contributed by atoms with Crippen LogP contribution < -0.4 is 49.5 Å². The molecule has 0 fully saturated rings. The number of carbonyl (C=O) groups is 5. The summed E-state index contributed by atoms with van der Waals surface area (Å²) < 4.78 is 0. The van der Waals surface area contributed by atoms with Crippen molar-refractivity contribution in [1.82, 2.24) is 26.6 Å². The van der Waals surface area contributed by atoms with Gasteiger partial charge < -0.3 is 59.7 Å². The van der Waals surface area contributed by atoms with Crippen molar-refractivity contribution in [1.29, 1.82) is 5.41 Å². The number of hydrogen-bond acceptors (Lipinski definition) is 10. The largest absolute Gasteiger partial charge is 0.480 e. The highest BCUT2D eigenvalue weighted by molar-refractivity contribution is 5.95. The number of carboxylic acids is 1. The Morgan fingerprint density at radius 1 is 0.732 bits per heavy atom. The molecule has 4 amide bonds. The third-order valence-electron chi connectivity index (χ3n) is 6.03. The minimum Gasteiger partial charge on any atom is -0.480 e. The molecule has 41 heavy (non-hydrogen) atoms. The molecule has 0 rings (SSSR count). The van der Waals surface area contributed by atoms with Crippen LogP contribution in [0.2, 0.25) is 0 Å². The van der Waals surface area contributed by atoms with Gasteiger partial charge in [0.15, 0.2) is 12.0 Å². The maximum atomic E-state index is 13.3. The molecule has 0 aromatic carbocycles. The van der Waals surface area contributed by atoms with Gasteiger partial charge >= 0.3 is 5.97 Å². The van der Waals surface area contributed by atoms with Crippen LogP contribution in [0.1, 0.15) is 58.3 Å². The molecule has 236 valence electrons. The number of unbranched alkanes of at least 4 members (excludes halogenated alkanes) is 2. The zero-order valence-electron chi connectivity index (χ0n) is 23.6. The number of aliphatic hydroxyl groups excluding tert-OH is 1.